The Labute approximate surface area is 144 Å². The fourth-order valence-corrected chi connectivity index (χ4v) is 3.05. The summed E-state index contributed by atoms with van der Waals surface area (Å²) in [5.41, 5.74) is 0.836. The van der Waals surface area contributed by atoms with Crippen LogP contribution in [0.15, 0.2) is 48.5 Å². The zero-order valence-electron chi connectivity index (χ0n) is 12.8. The Morgan fingerprint density at radius 3 is 2.67 bits per heavy atom. The van der Waals surface area contributed by atoms with Crippen LogP contribution >= 0.6 is 11.6 Å². The number of carbonyl (C=O) groups excluding carboxylic acids is 2. The van der Waals surface area contributed by atoms with Gasteiger partial charge >= 0.3 is 0 Å². The fourth-order valence-electron chi connectivity index (χ4n) is 2.80. The number of benzene rings is 2. The molecular formula is C18H16ClFN2O2. The van der Waals surface area contributed by atoms with Gasteiger partial charge in [-0.25, -0.2) is 4.39 Å². The molecule has 1 fully saturated rings. The number of likely N-dealkylation sites (tertiary alicyclic amines) is 1. The molecule has 1 aliphatic rings. The van der Waals surface area contributed by atoms with Crippen LogP contribution in [-0.4, -0.2) is 29.3 Å². The molecule has 0 unspecified atom stereocenters. The fraction of sp³-hybridized carbons (Fsp3) is 0.222. The molecule has 1 N–H and O–H groups in total. The summed E-state index contributed by atoms with van der Waals surface area (Å²) in [5, 5.41) is 2.75. The number of nitrogens with zero attached hydrogens (tertiary/aromatic N) is 1. The third-order valence-corrected chi connectivity index (χ3v) is 4.27. The van der Waals surface area contributed by atoms with Gasteiger partial charge in [0.2, 0.25) is 5.91 Å². The van der Waals surface area contributed by atoms with E-state index in [-0.39, 0.29) is 29.0 Å². The smallest absolute Gasteiger partial charge is 0.256 e. The lowest BCUT2D eigenvalue weighted by molar-refractivity contribution is -0.128. The van der Waals surface area contributed by atoms with E-state index in [1.54, 1.807) is 4.90 Å². The van der Waals surface area contributed by atoms with Crippen molar-refractivity contribution < 1.29 is 14.0 Å². The first-order chi connectivity index (χ1) is 11.5. The van der Waals surface area contributed by atoms with Crippen LogP contribution < -0.4 is 5.32 Å². The molecule has 4 nitrogen and oxygen atoms in total. The van der Waals surface area contributed by atoms with Crippen molar-refractivity contribution in [3.63, 3.8) is 0 Å². The highest BCUT2D eigenvalue weighted by Gasteiger charge is 2.31. The molecule has 2 amide bonds. The maximum Gasteiger partial charge on any atom is 0.256 e. The normalized spacial score (nSPS) is 17.2. The summed E-state index contributed by atoms with van der Waals surface area (Å²) in [6.45, 7) is 0.887. The van der Waals surface area contributed by atoms with Crippen LogP contribution in [0.2, 0.25) is 5.02 Å². The van der Waals surface area contributed by atoms with Gasteiger partial charge in [-0.1, -0.05) is 48.0 Å². The van der Waals surface area contributed by atoms with E-state index < -0.39 is 11.7 Å². The first-order valence-corrected chi connectivity index (χ1v) is 7.99. The monoisotopic (exact) mass is 346 g/mol. The number of rotatable bonds is 4. The second-order valence-corrected chi connectivity index (χ2v) is 6.14. The Kier molecular flexibility index (Phi) is 4.81. The molecule has 3 rings (SSSR count). The van der Waals surface area contributed by atoms with E-state index in [1.165, 1.54) is 18.2 Å². The molecule has 2 aromatic rings. The van der Waals surface area contributed by atoms with Gasteiger partial charge in [-0.05, 0) is 17.7 Å². The van der Waals surface area contributed by atoms with Crippen LogP contribution in [0.4, 0.5) is 4.39 Å². The van der Waals surface area contributed by atoms with Gasteiger partial charge in [0.1, 0.15) is 5.82 Å². The van der Waals surface area contributed by atoms with Gasteiger partial charge in [0.15, 0.2) is 0 Å². The zero-order valence-corrected chi connectivity index (χ0v) is 13.6. The Bertz CT molecular complexity index is 747. The van der Waals surface area contributed by atoms with Crippen molar-refractivity contribution in [2.75, 3.05) is 6.54 Å². The van der Waals surface area contributed by atoms with Crippen molar-refractivity contribution in [3.05, 3.63) is 70.5 Å². The summed E-state index contributed by atoms with van der Waals surface area (Å²) in [4.78, 5) is 26.0. The summed E-state index contributed by atoms with van der Waals surface area (Å²) in [5.74, 6) is -1.31. The molecule has 1 saturated heterocycles. The third-order valence-electron chi connectivity index (χ3n) is 3.96. The second-order valence-electron chi connectivity index (χ2n) is 5.73. The van der Waals surface area contributed by atoms with Gasteiger partial charge in [0, 0.05) is 19.5 Å². The van der Waals surface area contributed by atoms with E-state index in [4.69, 9.17) is 11.6 Å². The highest BCUT2D eigenvalue weighted by Crippen LogP contribution is 2.20. The Hall–Kier alpha value is -2.40. The maximum atomic E-state index is 13.8. The van der Waals surface area contributed by atoms with Crippen molar-refractivity contribution >= 4 is 23.4 Å². The highest BCUT2D eigenvalue weighted by atomic mass is 35.5. The van der Waals surface area contributed by atoms with E-state index in [9.17, 15) is 14.0 Å². The minimum Gasteiger partial charge on any atom is -0.347 e. The molecule has 6 heteroatoms. The third kappa shape index (κ3) is 3.57. The molecule has 124 valence electrons. The summed E-state index contributed by atoms with van der Waals surface area (Å²) < 4.78 is 13.8. The standard InChI is InChI=1S/C18H16ClFN2O2/c19-14-7-4-8-15(20)17(14)18(24)21-13-9-16(23)22(11-13)10-12-5-2-1-3-6-12/h1-8,13H,9-11H2,(H,21,24)/t13-/m1/s1. The molecule has 0 radical (unpaired) electrons. The largest absolute Gasteiger partial charge is 0.347 e. The predicted octanol–water partition coefficient (Wildman–Crippen LogP) is 3.01. The topological polar surface area (TPSA) is 49.4 Å². The average Bonchev–Trinajstić information content (AvgIpc) is 2.87. The van der Waals surface area contributed by atoms with Gasteiger partial charge in [-0.2, -0.15) is 0 Å². The lowest BCUT2D eigenvalue weighted by Crippen LogP contribution is -2.37. The molecule has 0 bridgehead atoms. The lowest BCUT2D eigenvalue weighted by Gasteiger charge is -2.17. The molecule has 0 aromatic heterocycles. The van der Waals surface area contributed by atoms with Crippen molar-refractivity contribution in [2.24, 2.45) is 0 Å². The van der Waals surface area contributed by atoms with Crippen LogP contribution in [0.3, 0.4) is 0 Å². The maximum absolute atomic E-state index is 13.8. The van der Waals surface area contributed by atoms with E-state index >= 15 is 0 Å². The van der Waals surface area contributed by atoms with Gasteiger partial charge in [-0.15, -0.1) is 0 Å². The van der Waals surface area contributed by atoms with Crippen LogP contribution in [0.1, 0.15) is 22.3 Å². The van der Waals surface area contributed by atoms with Crippen LogP contribution in [-0.2, 0) is 11.3 Å². The first-order valence-electron chi connectivity index (χ1n) is 7.61. The summed E-state index contributed by atoms with van der Waals surface area (Å²) >= 11 is 5.90. The number of amides is 2. The van der Waals surface area contributed by atoms with E-state index in [2.05, 4.69) is 5.32 Å². The van der Waals surface area contributed by atoms with Crippen molar-refractivity contribution in [2.45, 2.75) is 19.0 Å². The van der Waals surface area contributed by atoms with Gasteiger partial charge < -0.3 is 10.2 Å². The van der Waals surface area contributed by atoms with Crippen molar-refractivity contribution in [1.82, 2.24) is 10.2 Å². The SMILES string of the molecule is O=C(N[C@@H]1CC(=O)N(Cc2ccccc2)C1)c1c(F)cccc1Cl. The second kappa shape index (κ2) is 7.01. The number of nitrogens with one attached hydrogen (secondary N) is 1. The molecule has 2 aromatic carbocycles. The number of carbonyl (C=O) groups is 2. The predicted molar refractivity (Wildman–Crippen MR) is 89.1 cm³/mol. The minimum atomic E-state index is -0.675. The van der Waals surface area contributed by atoms with Gasteiger partial charge in [0.05, 0.1) is 16.6 Å². The lowest BCUT2D eigenvalue weighted by atomic mass is 10.1. The van der Waals surface area contributed by atoms with Crippen LogP contribution in [0.25, 0.3) is 0 Å². The molecule has 1 heterocycles. The van der Waals surface area contributed by atoms with Crippen LogP contribution in [0, 0.1) is 5.82 Å². The van der Waals surface area contributed by atoms with Crippen molar-refractivity contribution in [3.8, 4) is 0 Å². The number of hydrogen-bond donors (Lipinski definition) is 1. The zero-order chi connectivity index (χ0) is 17.1. The Balaban J connectivity index is 1.65. The van der Waals surface area contributed by atoms with Crippen LogP contribution in [0.5, 0.6) is 0 Å². The number of hydrogen-bond acceptors (Lipinski definition) is 2. The quantitative estimate of drug-likeness (QED) is 0.925. The number of halogens is 2. The summed E-state index contributed by atoms with van der Waals surface area (Å²) in [6.07, 6.45) is 0.199. The van der Waals surface area contributed by atoms with E-state index in [1.807, 2.05) is 30.3 Å². The molecular weight excluding hydrogens is 331 g/mol. The molecule has 1 atom stereocenters. The summed E-state index contributed by atoms with van der Waals surface area (Å²) in [7, 11) is 0. The molecule has 0 saturated carbocycles. The highest BCUT2D eigenvalue weighted by molar-refractivity contribution is 6.33. The Morgan fingerprint density at radius 2 is 1.96 bits per heavy atom. The van der Waals surface area contributed by atoms with Gasteiger partial charge in [-0.3, -0.25) is 9.59 Å². The Morgan fingerprint density at radius 1 is 1.21 bits per heavy atom. The van der Waals surface area contributed by atoms with E-state index in [0.717, 1.165) is 5.56 Å². The molecule has 1 aliphatic heterocycles. The van der Waals surface area contributed by atoms with Crippen molar-refractivity contribution in [1.29, 1.82) is 0 Å². The average molecular weight is 347 g/mol. The molecule has 0 spiro atoms. The first kappa shape index (κ1) is 16.5. The minimum absolute atomic E-state index is 0.0382. The molecule has 0 aliphatic carbocycles. The van der Waals surface area contributed by atoms with Gasteiger partial charge in [0.25, 0.3) is 5.91 Å². The summed E-state index contributed by atoms with van der Waals surface area (Å²) in [6, 6.07) is 13.3. The molecule has 24 heavy (non-hydrogen) atoms. The van der Waals surface area contributed by atoms with E-state index in [0.29, 0.717) is 13.1 Å².